The molecule has 2 heterocycles. The molecule has 4 aromatic rings. The summed E-state index contributed by atoms with van der Waals surface area (Å²) in [4.78, 5) is 23.8. The average molecular weight is 407 g/mol. The van der Waals surface area contributed by atoms with Crippen LogP contribution in [0.3, 0.4) is 0 Å². The number of amides is 1. The molecular formula is C22H15F2N3OS. The van der Waals surface area contributed by atoms with Crippen molar-refractivity contribution >= 4 is 22.9 Å². The number of carbonyl (C=O) groups excluding carboxylic acids is 1. The van der Waals surface area contributed by atoms with Crippen molar-refractivity contribution in [3.8, 4) is 11.4 Å². The molecule has 4 rings (SSSR count). The molecule has 2 aromatic carbocycles. The van der Waals surface area contributed by atoms with Crippen LogP contribution in [-0.4, -0.2) is 15.9 Å². The maximum absolute atomic E-state index is 14.4. The van der Waals surface area contributed by atoms with E-state index in [2.05, 4.69) is 9.97 Å². The van der Waals surface area contributed by atoms with Crippen molar-refractivity contribution in [1.29, 1.82) is 0 Å². The molecule has 0 unspecified atom stereocenters. The third-order valence-corrected chi connectivity index (χ3v) is 5.13. The number of nitrogens with zero attached hydrogens (tertiary/aromatic N) is 3. The first-order valence-corrected chi connectivity index (χ1v) is 9.66. The molecule has 4 nitrogen and oxygen atoms in total. The van der Waals surface area contributed by atoms with E-state index in [0.717, 1.165) is 22.6 Å². The van der Waals surface area contributed by atoms with Gasteiger partial charge in [-0.25, -0.2) is 18.7 Å². The van der Waals surface area contributed by atoms with E-state index in [4.69, 9.17) is 0 Å². The first-order chi connectivity index (χ1) is 14.1. The molecule has 29 heavy (non-hydrogen) atoms. The molecule has 144 valence electrons. The van der Waals surface area contributed by atoms with Crippen LogP contribution < -0.4 is 4.90 Å². The summed E-state index contributed by atoms with van der Waals surface area (Å²) in [5.41, 5.74) is 1.04. The maximum atomic E-state index is 14.4. The average Bonchev–Trinajstić information content (AvgIpc) is 3.26. The first-order valence-electron chi connectivity index (χ1n) is 8.78. The van der Waals surface area contributed by atoms with E-state index in [1.54, 1.807) is 0 Å². The van der Waals surface area contributed by atoms with Gasteiger partial charge in [-0.3, -0.25) is 4.79 Å². The number of carbonyl (C=O) groups is 1. The molecule has 2 aromatic heterocycles. The molecule has 0 saturated carbocycles. The van der Waals surface area contributed by atoms with E-state index in [-0.39, 0.29) is 17.8 Å². The number of hydrogen-bond acceptors (Lipinski definition) is 4. The van der Waals surface area contributed by atoms with Crippen LogP contribution in [0.15, 0.2) is 78.4 Å². The van der Waals surface area contributed by atoms with Gasteiger partial charge in [0.25, 0.3) is 5.91 Å². The molecule has 0 atom stereocenters. The van der Waals surface area contributed by atoms with Crippen molar-refractivity contribution in [3.05, 3.63) is 101 Å². The van der Waals surface area contributed by atoms with Crippen molar-refractivity contribution in [2.75, 3.05) is 4.90 Å². The number of halogens is 2. The number of anilines is 1. The van der Waals surface area contributed by atoms with Crippen molar-refractivity contribution in [2.24, 2.45) is 0 Å². The van der Waals surface area contributed by atoms with E-state index < -0.39 is 17.5 Å². The minimum atomic E-state index is -0.809. The van der Waals surface area contributed by atoms with Crippen molar-refractivity contribution in [3.63, 3.8) is 0 Å². The number of thiophene rings is 1. The van der Waals surface area contributed by atoms with Gasteiger partial charge in [0.2, 0.25) is 0 Å². The standard InChI is InChI=1S/C22H15F2N3OS/c23-17-8-9-20(19(24)11-17)27(14-18-7-4-10-29-18)22(28)16-12-25-21(26-13-16)15-5-2-1-3-6-15/h1-13H,14H2. The van der Waals surface area contributed by atoms with Gasteiger partial charge in [0.05, 0.1) is 17.8 Å². The normalized spacial score (nSPS) is 10.7. The Labute approximate surface area is 170 Å². The van der Waals surface area contributed by atoms with E-state index in [1.807, 2.05) is 47.8 Å². The largest absolute Gasteiger partial charge is 0.300 e. The minimum Gasteiger partial charge on any atom is -0.300 e. The van der Waals surface area contributed by atoms with Gasteiger partial charge in [-0.1, -0.05) is 36.4 Å². The summed E-state index contributed by atoms with van der Waals surface area (Å²) in [7, 11) is 0. The van der Waals surface area contributed by atoms with Crippen LogP contribution in [0.2, 0.25) is 0 Å². The topological polar surface area (TPSA) is 46.1 Å². The molecule has 0 N–H and O–H groups in total. The van der Waals surface area contributed by atoms with Crippen molar-refractivity contribution in [2.45, 2.75) is 6.54 Å². The van der Waals surface area contributed by atoms with E-state index in [1.165, 1.54) is 34.7 Å². The van der Waals surface area contributed by atoms with Gasteiger partial charge in [0.1, 0.15) is 11.6 Å². The molecule has 0 fully saturated rings. The second-order valence-electron chi connectivity index (χ2n) is 6.23. The zero-order chi connectivity index (χ0) is 20.2. The monoisotopic (exact) mass is 407 g/mol. The Morgan fingerprint density at radius 3 is 2.38 bits per heavy atom. The SMILES string of the molecule is O=C(c1cnc(-c2ccccc2)nc1)N(Cc1cccs1)c1ccc(F)cc1F. The Morgan fingerprint density at radius 2 is 1.72 bits per heavy atom. The zero-order valence-electron chi connectivity index (χ0n) is 15.1. The molecule has 0 spiro atoms. The molecular weight excluding hydrogens is 392 g/mol. The predicted octanol–water partition coefficient (Wildman–Crippen LogP) is 5.33. The Bertz CT molecular complexity index is 1120. The zero-order valence-corrected chi connectivity index (χ0v) is 15.9. The highest BCUT2D eigenvalue weighted by atomic mass is 32.1. The summed E-state index contributed by atoms with van der Waals surface area (Å²) >= 11 is 1.45. The second-order valence-corrected chi connectivity index (χ2v) is 7.26. The predicted molar refractivity (Wildman–Crippen MR) is 109 cm³/mol. The van der Waals surface area contributed by atoms with Gasteiger partial charge in [-0.2, -0.15) is 0 Å². The second kappa shape index (κ2) is 8.28. The van der Waals surface area contributed by atoms with Gasteiger partial charge in [0.15, 0.2) is 5.82 Å². The Morgan fingerprint density at radius 1 is 0.966 bits per heavy atom. The lowest BCUT2D eigenvalue weighted by atomic mass is 10.2. The fourth-order valence-electron chi connectivity index (χ4n) is 2.86. The first kappa shape index (κ1) is 18.9. The third-order valence-electron chi connectivity index (χ3n) is 4.27. The molecule has 0 aliphatic heterocycles. The highest BCUT2D eigenvalue weighted by Gasteiger charge is 2.22. The van der Waals surface area contributed by atoms with Crippen molar-refractivity contribution < 1.29 is 13.6 Å². The highest BCUT2D eigenvalue weighted by Crippen LogP contribution is 2.26. The molecule has 7 heteroatoms. The number of rotatable bonds is 5. The summed E-state index contributed by atoms with van der Waals surface area (Å²) in [5, 5.41) is 1.87. The molecule has 0 aliphatic carbocycles. The number of aromatic nitrogens is 2. The Kier molecular flexibility index (Phi) is 5.39. The summed E-state index contributed by atoms with van der Waals surface area (Å²) in [6, 6.07) is 16.2. The lowest BCUT2D eigenvalue weighted by molar-refractivity contribution is 0.0983. The van der Waals surface area contributed by atoms with Crippen LogP contribution in [0.5, 0.6) is 0 Å². The van der Waals surface area contributed by atoms with Gasteiger partial charge >= 0.3 is 0 Å². The van der Waals surface area contributed by atoms with Gasteiger partial charge in [-0.15, -0.1) is 11.3 Å². The van der Waals surface area contributed by atoms with Crippen molar-refractivity contribution in [1.82, 2.24) is 9.97 Å². The summed E-state index contributed by atoms with van der Waals surface area (Å²) in [6.45, 7) is 0.152. The fraction of sp³-hybridized carbons (Fsp3) is 0.0455. The number of hydrogen-bond donors (Lipinski definition) is 0. The molecule has 0 saturated heterocycles. The van der Waals surface area contributed by atoms with Crippen LogP contribution in [0.1, 0.15) is 15.2 Å². The quantitative estimate of drug-likeness (QED) is 0.449. The van der Waals surface area contributed by atoms with Gasteiger partial charge in [-0.05, 0) is 23.6 Å². The van der Waals surface area contributed by atoms with E-state index >= 15 is 0 Å². The van der Waals surface area contributed by atoms with Gasteiger partial charge in [0, 0.05) is 28.9 Å². The molecule has 0 radical (unpaired) electrons. The Hall–Kier alpha value is -3.45. The number of benzene rings is 2. The third kappa shape index (κ3) is 4.20. The van der Waals surface area contributed by atoms with Crippen LogP contribution >= 0.6 is 11.3 Å². The van der Waals surface area contributed by atoms with Crippen LogP contribution in [0.4, 0.5) is 14.5 Å². The fourth-order valence-corrected chi connectivity index (χ4v) is 3.55. The molecule has 1 amide bonds. The van der Waals surface area contributed by atoms with Crippen LogP contribution in [-0.2, 0) is 6.54 Å². The van der Waals surface area contributed by atoms with Gasteiger partial charge < -0.3 is 4.90 Å². The van der Waals surface area contributed by atoms with Crippen LogP contribution in [0.25, 0.3) is 11.4 Å². The molecule has 0 aliphatic rings. The van der Waals surface area contributed by atoms with E-state index in [9.17, 15) is 13.6 Å². The maximum Gasteiger partial charge on any atom is 0.261 e. The van der Waals surface area contributed by atoms with E-state index in [0.29, 0.717) is 5.82 Å². The lowest BCUT2D eigenvalue weighted by Gasteiger charge is -2.23. The highest BCUT2D eigenvalue weighted by molar-refractivity contribution is 7.09. The minimum absolute atomic E-state index is 0.00284. The summed E-state index contributed by atoms with van der Waals surface area (Å²) in [5.74, 6) is -1.49. The summed E-state index contributed by atoms with van der Waals surface area (Å²) in [6.07, 6.45) is 2.83. The molecule has 0 bridgehead atoms. The summed E-state index contributed by atoms with van der Waals surface area (Å²) < 4.78 is 27.8. The lowest BCUT2D eigenvalue weighted by Crippen LogP contribution is -2.31. The Balaban J connectivity index is 1.67. The van der Waals surface area contributed by atoms with Crippen LogP contribution in [0, 0.1) is 11.6 Å². The smallest absolute Gasteiger partial charge is 0.261 e.